The largest absolute Gasteiger partial charge is 0.339 e. The van der Waals surface area contributed by atoms with Crippen LogP contribution in [0.1, 0.15) is 58.1 Å². The molecule has 4 aliphatic carbocycles. The zero-order valence-corrected chi connectivity index (χ0v) is 14.9. The van der Waals surface area contributed by atoms with E-state index in [1.54, 1.807) is 4.68 Å². The van der Waals surface area contributed by atoms with Gasteiger partial charge < -0.3 is 4.90 Å². The highest BCUT2D eigenvalue weighted by molar-refractivity contribution is 5.83. The van der Waals surface area contributed by atoms with Crippen LogP contribution in [0.5, 0.6) is 0 Å². The molecule has 0 radical (unpaired) electrons. The van der Waals surface area contributed by atoms with E-state index in [1.807, 2.05) is 31.3 Å². The Balaban J connectivity index is 1.58. The summed E-state index contributed by atoms with van der Waals surface area (Å²) in [5, 5.41) is 4.43. The molecule has 23 heavy (non-hydrogen) atoms. The highest BCUT2D eigenvalue weighted by Gasteiger charge is 2.63. The molecular weight excluding hydrogens is 286 g/mol. The molecule has 0 spiro atoms. The van der Waals surface area contributed by atoms with Crippen molar-refractivity contribution in [2.24, 2.45) is 29.2 Å². The second kappa shape index (κ2) is 4.61. The minimum Gasteiger partial charge on any atom is -0.339 e. The van der Waals surface area contributed by atoms with Crippen LogP contribution in [0.3, 0.4) is 0 Å². The van der Waals surface area contributed by atoms with E-state index >= 15 is 0 Å². The summed E-state index contributed by atoms with van der Waals surface area (Å²) in [5.74, 6) is 1.12. The fourth-order valence-corrected chi connectivity index (χ4v) is 6.95. The van der Waals surface area contributed by atoms with Gasteiger partial charge in [0.05, 0.1) is 17.7 Å². The van der Waals surface area contributed by atoms with Crippen molar-refractivity contribution in [3.63, 3.8) is 0 Å². The Morgan fingerprint density at radius 2 is 1.91 bits per heavy atom. The summed E-state index contributed by atoms with van der Waals surface area (Å²) >= 11 is 0. The number of rotatable bonds is 3. The van der Waals surface area contributed by atoms with E-state index in [4.69, 9.17) is 0 Å². The van der Waals surface area contributed by atoms with Crippen LogP contribution in [0.4, 0.5) is 0 Å². The molecule has 4 heteroatoms. The van der Waals surface area contributed by atoms with Gasteiger partial charge in [0.25, 0.3) is 0 Å². The SMILES string of the molecule is CN(Cc1ccn(C)n1)C(=O)C12CC3C[C@](C)(C1)C[C@](C)(C3)C2. The van der Waals surface area contributed by atoms with Crippen LogP contribution in [-0.2, 0) is 18.4 Å². The quantitative estimate of drug-likeness (QED) is 0.857. The average molecular weight is 315 g/mol. The second-order valence-corrected chi connectivity index (χ2v) is 9.55. The number of nitrogens with zero attached hydrogens (tertiary/aromatic N) is 3. The van der Waals surface area contributed by atoms with E-state index < -0.39 is 0 Å². The first-order chi connectivity index (χ1) is 10.7. The van der Waals surface area contributed by atoms with Gasteiger partial charge in [0.1, 0.15) is 0 Å². The molecule has 0 saturated heterocycles. The minimum atomic E-state index is -0.105. The van der Waals surface area contributed by atoms with Gasteiger partial charge in [0, 0.05) is 20.3 Å². The standard InChI is InChI=1S/C19H29N3O/c1-17-7-14-8-18(2,11-17)13-19(9-14,12-17)16(23)21(3)10-15-5-6-22(4)20-15/h5-6,14H,7-13H2,1-4H3/t14?,17-,18-,19?/m0/s1. The molecule has 0 aromatic carbocycles. The number of carbonyl (C=O) groups is 1. The lowest BCUT2D eigenvalue weighted by atomic mass is 9.40. The van der Waals surface area contributed by atoms with Gasteiger partial charge in [-0.15, -0.1) is 0 Å². The minimum absolute atomic E-state index is 0.105. The first kappa shape index (κ1) is 15.2. The molecule has 0 aliphatic heterocycles. The Labute approximate surface area is 139 Å². The molecule has 2 atom stereocenters. The van der Waals surface area contributed by atoms with Gasteiger partial charge >= 0.3 is 0 Å². The predicted octanol–water partition coefficient (Wildman–Crippen LogP) is 3.38. The Morgan fingerprint density at radius 1 is 1.26 bits per heavy atom. The van der Waals surface area contributed by atoms with E-state index in [0.29, 0.717) is 23.3 Å². The summed E-state index contributed by atoms with van der Waals surface area (Å²) in [6.45, 7) is 5.48. The van der Waals surface area contributed by atoms with E-state index in [2.05, 4.69) is 18.9 Å². The summed E-state index contributed by atoms with van der Waals surface area (Å²) in [6, 6.07) is 2.01. The lowest BCUT2D eigenvalue weighted by Crippen LogP contribution is -2.59. The van der Waals surface area contributed by atoms with Gasteiger partial charge in [-0.3, -0.25) is 9.48 Å². The Morgan fingerprint density at radius 3 is 2.43 bits per heavy atom. The Hall–Kier alpha value is -1.32. The lowest BCUT2D eigenvalue weighted by Gasteiger charge is -2.65. The van der Waals surface area contributed by atoms with Crippen molar-refractivity contribution in [1.29, 1.82) is 0 Å². The van der Waals surface area contributed by atoms with Gasteiger partial charge in [0.15, 0.2) is 0 Å². The van der Waals surface area contributed by atoms with Crippen molar-refractivity contribution in [1.82, 2.24) is 14.7 Å². The number of aryl methyl sites for hydroxylation is 1. The molecule has 0 unspecified atom stereocenters. The zero-order valence-electron chi connectivity index (χ0n) is 14.9. The number of amides is 1. The van der Waals surface area contributed by atoms with Gasteiger partial charge in [-0.25, -0.2) is 0 Å². The van der Waals surface area contributed by atoms with E-state index in [1.165, 1.54) is 19.3 Å². The predicted molar refractivity (Wildman–Crippen MR) is 89.5 cm³/mol. The van der Waals surface area contributed by atoms with Gasteiger partial charge in [-0.1, -0.05) is 13.8 Å². The Bertz CT molecular complexity index is 631. The van der Waals surface area contributed by atoms with Gasteiger partial charge in [-0.2, -0.15) is 5.10 Å². The summed E-state index contributed by atoms with van der Waals surface area (Å²) < 4.78 is 1.81. The fourth-order valence-electron chi connectivity index (χ4n) is 6.95. The highest BCUT2D eigenvalue weighted by Crippen LogP contribution is 2.69. The third kappa shape index (κ3) is 2.41. The van der Waals surface area contributed by atoms with Crippen LogP contribution in [0.15, 0.2) is 12.3 Å². The monoisotopic (exact) mass is 315 g/mol. The smallest absolute Gasteiger partial charge is 0.228 e. The summed E-state index contributed by atoms with van der Waals surface area (Å²) in [6.07, 6.45) is 9.23. The molecule has 4 fully saturated rings. The Kier molecular flexibility index (Phi) is 3.05. The number of hydrogen-bond donors (Lipinski definition) is 0. The third-order valence-corrected chi connectivity index (χ3v) is 6.59. The molecule has 1 aromatic heterocycles. The van der Waals surface area contributed by atoms with E-state index in [0.717, 1.165) is 30.9 Å². The maximum Gasteiger partial charge on any atom is 0.228 e. The average Bonchev–Trinajstić information content (AvgIpc) is 2.79. The molecule has 4 aliphatic rings. The first-order valence-electron chi connectivity index (χ1n) is 8.95. The fraction of sp³-hybridized carbons (Fsp3) is 0.789. The molecule has 1 amide bonds. The van der Waals surface area contributed by atoms with Crippen molar-refractivity contribution >= 4 is 5.91 Å². The summed E-state index contributed by atoms with van der Waals surface area (Å²) in [7, 11) is 3.88. The molecule has 1 heterocycles. The molecular formula is C19H29N3O. The normalized spacial score (nSPS) is 41.3. The van der Waals surface area contributed by atoms with Crippen molar-refractivity contribution in [2.45, 2.75) is 58.9 Å². The summed E-state index contributed by atoms with van der Waals surface area (Å²) in [4.78, 5) is 15.3. The van der Waals surface area contributed by atoms with Gasteiger partial charge in [-0.05, 0) is 61.3 Å². The van der Waals surface area contributed by atoms with Crippen LogP contribution in [0, 0.1) is 22.2 Å². The van der Waals surface area contributed by atoms with Crippen molar-refractivity contribution in [3.8, 4) is 0 Å². The highest BCUT2D eigenvalue weighted by atomic mass is 16.2. The molecule has 0 N–H and O–H groups in total. The topological polar surface area (TPSA) is 38.1 Å². The van der Waals surface area contributed by atoms with Crippen LogP contribution >= 0.6 is 0 Å². The van der Waals surface area contributed by atoms with Crippen LogP contribution in [-0.4, -0.2) is 27.6 Å². The lowest BCUT2D eigenvalue weighted by molar-refractivity contribution is -0.178. The second-order valence-electron chi connectivity index (χ2n) is 9.55. The number of carbonyl (C=O) groups excluding carboxylic acids is 1. The third-order valence-electron chi connectivity index (χ3n) is 6.59. The van der Waals surface area contributed by atoms with Crippen molar-refractivity contribution in [2.75, 3.05) is 7.05 Å². The zero-order chi connectivity index (χ0) is 16.5. The van der Waals surface area contributed by atoms with Crippen molar-refractivity contribution < 1.29 is 4.79 Å². The van der Waals surface area contributed by atoms with Crippen LogP contribution in [0.25, 0.3) is 0 Å². The maximum absolute atomic E-state index is 13.4. The molecule has 4 saturated carbocycles. The molecule has 5 rings (SSSR count). The van der Waals surface area contributed by atoms with Crippen LogP contribution in [0.2, 0.25) is 0 Å². The van der Waals surface area contributed by atoms with Crippen molar-refractivity contribution in [3.05, 3.63) is 18.0 Å². The maximum atomic E-state index is 13.4. The van der Waals surface area contributed by atoms with Gasteiger partial charge in [0.2, 0.25) is 5.91 Å². The molecule has 4 bridgehead atoms. The molecule has 4 nitrogen and oxygen atoms in total. The summed E-state index contributed by atoms with van der Waals surface area (Å²) in [5.41, 5.74) is 1.64. The molecule has 1 aromatic rings. The number of aromatic nitrogens is 2. The first-order valence-corrected chi connectivity index (χ1v) is 8.95. The van der Waals surface area contributed by atoms with E-state index in [9.17, 15) is 4.79 Å². The van der Waals surface area contributed by atoms with E-state index in [-0.39, 0.29) is 5.41 Å². The number of hydrogen-bond acceptors (Lipinski definition) is 2. The molecule has 126 valence electrons. The van der Waals surface area contributed by atoms with Crippen LogP contribution < -0.4 is 0 Å².